The molecule has 2 N–H and O–H groups in total. The molecule has 0 fully saturated rings. The lowest BCUT2D eigenvalue weighted by Crippen LogP contribution is -1.88. The summed E-state index contributed by atoms with van der Waals surface area (Å²) in [7, 11) is 0. The first-order valence-electron chi connectivity index (χ1n) is 6.23. The number of halogens is 1. The van der Waals surface area contributed by atoms with Crippen molar-refractivity contribution in [1.82, 2.24) is 4.98 Å². The number of anilines is 1. The van der Waals surface area contributed by atoms with Crippen molar-refractivity contribution < 1.29 is 0 Å². The quantitative estimate of drug-likeness (QED) is 0.675. The molecule has 100 valence electrons. The number of aromatic nitrogens is 1. The van der Waals surface area contributed by atoms with E-state index in [9.17, 15) is 0 Å². The van der Waals surface area contributed by atoms with Crippen LogP contribution in [0, 0.1) is 6.92 Å². The molecule has 0 aliphatic carbocycles. The summed E-state index contributed by atoms with van der Waals surface area (Å²) < 4.78 is 0. The van der Waals surface area contributed by atoms with Gasteiger partial charge < -0.3 is 5.73 Å². The molecule has 1 heterocycles. The molecule has 0 saturated heterocycles. The molecule has 0 aliphatic rings. The van der Waals surface area contributed by atoms with E-state index < -0.39 is 0 Å². The van der Waals surface area contributed by atoms with Crippen LogP contribution in [-0.2, 0) is 0 Å². The number of benzene rings is 2. The zero-order valence-electron chi connectivity index (χ0n) is 10.9. The molecular formula is C16H13ClN2S. The predicted octanol–water partition coefficient (Wildman–Crippen LogP) is 5.02. The predicted molar refractivity (Wildman–Crippen MR) is 87.1 cm³/mol. The molecule has 20 heavy (non-hydrogen) atoms. The lowest BCUT2D eigenvalue weighted by atomic mass is 10.1. The van der Waals surface area contributed by atoms with Crippen LogP contribution in [-0.4, -0.2) is 4.98 Å². The molecule has 3 rings (SSSR count). The van der Waals surface area contributed by atoms with Crippen LogP contribution in [0.3, 0.4) is 0 Å². The Bertz CT molecular complexity index is 747. The van der Waals surface area contributed by atoms with E-state index in [1.807, 2.05) is 48.5 Å². The molecule has 2 nitrogen and oxygen atoms in total. The summed E-state index contributed by atoms with van der Waals surface area (Å²) in [6, 6.07) is 15.5. The Morgan fingerprint density at radius 3 is 2.45 bits per heavy atom. The summed E-state index contributed by atoms with van der Waals surface area (Å²) in [5.41, 5.74) is 9.82. The van der Waals surface area contributed by atoms with Crippen molar-refractivity contribution >= 4 is 28.6 Å². The number of nitrogen functional groups attached to an aromatic ring is 1. The summed E-state index contributed by atoms with van der Waals surface area (Å²) in [5, 5.41) is 1.68. The van der Waals surface area contributed by atoms with Gasteiger partial charge in [0.05, 0.1) is 5.69 Å². The zero-order valence-corrected chi connectivity index (χ0v) is 12.5. The average molecular weight is 301 g/mol. The van der Waals surface area contributed by atoms with Crippen LogP contribution in [0.4, 0.5) is 5.69 Å². The van der Waals surface area contributed by atoms with Gasteiger partial charge in [0.15, 0.2) is 0 Å². The number of hydrogen-bond donors (Lipinski definition) is 1. The largest absolute Gasteiger partial charge is 0.398 e. The molecule has 0 saturated carbocycles. The van der Waals surface area contributed by atoms with Gasteiger partial charge in [0, 0.05) is 26.7 Å². The number of thiazole rings is 1. The Kier molecular flexibility index (Phi) is 3.47. The van der Waals surface area contributed by atoms with Gasteiger partial charge in [-0.05, 0) is 31.2 Å². The van der Waals surface area contributed by atoms with Crippen LogP contribution < -0.4 is 5.73 Å². The van der Waals surface area contributed by atoms with Crippen molar-refractivity contribution in [2.24, 2.45) is 0 Å². The van der Waals surface area contributed by atoms with Gasteiger partial charge in [-0.1, -0.05) is 35.9 Å². The second kappa shape index (κ2) is 5.27. The third kappa shape index (κ3) is 2.42. The van der Waals surface area contributed by atoms with Gasteiger partial charge in [0.1, 0.15) is 5.01 Å². The molecule has 4 heteroatoms. The minimum absolute atomic E-state index is 0.731. The lowest BCUT2D eigenvalue weighted by molar-refractivity contribution is 1.37. The minimum Gasteiger partial charge on any atom is -0.398 e. The van der Waals surface area contributed by atoms with Crippen molar-refractivity contribution in [2.45, 2.75) is 6.92 Å². The van der Waals surface area contributed by atoms with E-state index in [1.165, 1.54) is 4.88 Å². The molecule has 1 aromatic heterocycles. The third-order valence-corrected chi connectivity index (χ3v) is 4.36. The third-order valence-electron chi connectivity index (χ3n) is 3.11. The van der Waals surface area contributed by atoms with Crippen LogP contribution >= 0.6 is 22.9 Å². The summed E-state index contributed by atoms with van der Waals surface area (Å²) in [4.78, 5) is 5.91. The summed E-state index contributed by atoms with van der Waals surface area (Å²) in [5.74, 6) is 0. The van der Waals surface area contributed by atoms with Crippen molar-refractivity contribution in [1.29, 1.82) is 0 Å². The van der Waals surface area contributed by atoms with E-state index >= 15 is 0 Å². The normalized spacial score (nSPS) is 10.7. The number of para-hydroxylation sites is 1. The molecule has 0 unspecified atom stereocenters. The summed E-state index contributed by atoms with van der Waals surface area (Å²) in [6.07, 6.45) is 0. The molecule has 0 spiro atoms. The maximum absolute atomic E-state index is 6.02. The highest BCUT2D eigenvalue weighted by Gasteiger charge is 2.12. The van der Waals surface area contributed by atoms with E-state index in [0.29, 0.717) is 0 Å². The second-order valence-corrected chi connectivity index (χ2v) is 6.16. The van der Waals surface area contributed by atoms with Crippen molar-refractivity contribution in [3.8, 4) is 21.8 Å². The average Bonchev–Trinajstić information content (AvgIpc) is 2.82. The highest BCUT2D eigenvalue weighted by molar-refractivity contribution is 7.15. The number of nitrogens with two attached hydrogens (primary N) is 1. The van der Waals surface area contributed by atoms with E-state index in [-0.39, 0.29) is 0 Å². The first-order chi connectivity index (χ1) is 9.65. The summed E-state index contributed by atoms with van der Waals surface area (Å²) in [6.45, 7) is 2.07. The molecule has 0 radical (unpaired) electrons. The molecule has 3 aromatic rings. The smallest absolute Gasteiger partial charge is 0.126 e. The Morgan fingerprint density at radius 1 is 1.05 bits per heavy atom. The SMILES string of the molecule is Cc1sc(-c2ccccc2N)nc1-c1ccc(Cl)cc1. The van der Waals surface area contributed by atoms with Gasteiger partial charge in [0.25, 0.3) is 0 Å². The first-order valence-corrected chi connectivity index (χ1v) is 7.43. The number of rotatable bonds is 2. The van der Waals surface area contributed by atoms with E-state index in [4.69, 9.17) is 22.3 Å². The van der Waals surface area contributed by atoms with Gasteiger partial charge in [-0.25, -0.2) is 4.98 Å². The number of nitrogens with zero attached hydrogens (tertiary/aromatic N) is 1. The number of hydrogen-bond acceptors (Lipinski definition) is 3. The van der Waals surface area contributed by atoms with Gasteiger partial charge in [-0.3, -0.25) is 0 Å². The molecule has 2 aromatic carbocycles. The Hall–Kier alpha value is -1.84. The van der Waals surface area contributed by atoms with E-state index in [0.717, 1.165) is 32.5 Å². The molecular weight excluding hydrogens is 288 g/mol. The van der Waals surface area contributed by atoms with Crippen LogP contribution in [0.25, 0.3) is 21.8 Å². The van der Waals surface area contributed by atoms with Crippen molar-refractivity contribution in [2.75, 3.05) is 5.73 Å². The second-order valence-electron chi connectivity index (χ2n) is 4.52. The van der Waals surface area contributed by atoms with Gasteiger partial charge >= 0.3 is 0 Å². The fourth-order valence-electron chi connectivity index (χ4n) is 2.08. The van der Waals surface area contributed by atoms with Gasteiger partial charge in [-0.15, -0.1) is 11.3 Å². The lowest BCUT2D eigenvalue weighted by Gasteiger charge is -2.00. The van der Waals surface area contributed by atoms with Crippen molar-refractivity contribution in [3.63, 3.8) is 0 Å². The fourth-order valence-corrected chi connectivity index (χ4v) is 3.19. The van der Waals surface area contributed by atoms with E-state index in [1.54, 1.807) is 11.3 Å². The van der Waals surface area contributed by atoms with E-state index in [2.05, 4.69) is 6.92 Å². The van der Waals surface area contributed by atoms with Crippen LogP contribution in [0.2, 0.25) is 5.02 Å². The van der Waals surface area contributed by atoms with Crippen LogP contribution in [0.5, 0.6) is 0 Å². The summed E-state index contributed by atoms with van der Waals surface area (Å²) >= 11 is 7.58. The molecule has 0 aliphatic heterocycles. The maximum atomic E-state index is 6.02. The van der Waals surface area contributed by atoms with Crippen LogP contribution in [0.1, 0.15) is 4.88 Å². The van der Waals surface area contributed by atoms with Gasteiger partial charge in [-0.2, -0.15) is 0 Å². The minimum atomic E-state index is 0.731. The maximum Gasteiger partial charge on any atom is 0.126 e. The standard InChI is InChI=1S/C16H13ClN2S/c1-10-15(11-6-8-12(17)9-7-11)19-16(20-10)13-4-2-3-5-14(13)18/h2-9H,18H2,1H3. The van der Waals surface area contributed by atoms with Crippen molar-refractivity contribution in [3.05, 3.63) is 58.4 Å². The zero-order chi connectivity index (χ0) is 14.1. The Balaban J connectivity index is 2.08. The highest BCUT2D eigenvalue weighted by Crippen LogP contribution is 2.35. The Labute approximate surface area is 126 Å². The molecule has 0 amide bonds. The van der Waals surface area contributed by atoms with Gasteiger partial charge in [0.2, 0.25) is 0 Å². The Morgan fingerprint density at radius 2 is 1.75 bits per heavy atom. The first kappa shape index (κ1) is 13.2. The molecule has 0 bridgehead atoms. The fraction of sp³-hybridized carbons (Fsp3) is 0.0625. The highest BCUT2D eigenvalue weighted by atomic mass is 35.5. The monoisotopic (exact) mass is 300 g/mol. The molecule has 0 atom stereocenters. The van der Waals surface area contributed by atoms with Crippen LogP contribution in [0.15, 0.2) is 48.5 Å². The topological polar surface area (TPSA) is 38.9 Å². The number of aryl methyl sites for hydroxylation is 1.